The third-order valence-electron chi connectivity index (χ3n) is 3.28. The van der Waals surface area contributed by atoms with Crippen molar-refractivity contribution in [1.29, 1.82) is 0 Å². The summed E-state index contributed by atoms with van der Waals surface area (Å²) in [7, 11) is -1.22. The predicted octanol–water partition coefficient (Wildman–Crippen LogP) is 3.14. The number of anilines is 2. The maximum Gasteiger partial charge on any atom is 0.150 e. The fourth-order valence-electron chi connectivity index (χ4n) is 2.40. The van der Waals surface area contributed by atoms with Crippen LogP contribution in [0.1, 0.15) is 17.3 Å². The lowest BCUT2D eigenvalue weighted by Crippen LogP contribution is -2.23. The molecule has 2 aromatic carbocycles. The van der Waals surface area contributed by atoms with E-state index in [4.69, 9.17) is 0 Å². The van der Waals surface area contributed by atoms with Crippen molar-refractivity contribution in [2.45, 2.75) is 16.7 Å². The van der Waals surface area contributed by atoms with E-state index in [2.05, 4.69) is 11.8 Å². The number of rotatable bonds is 2. The Morgan fingerprint density at radius 3 is 2.58 bits per heavy atom. The predicted molar refractivity (Wildman–Crippen MR) is 75.6 cm³/mol. The Balaban J connectivity index is 2.27. The molecule has 0 N–H and O–H groups in total. The highest BCUT2D eigenvalue weighted by Crippen LogP contribution is 2.41. The summed E-state index contributed by atoms with van der Waals surface area (Å²) in [6.07, 6.45) is 0.786. The average molecular weight is 271 g/mol. The maximum atomic E-state index is 12.6. The van der Waals surface area contributed by atoms with E-state index >= 15 is 0 Å². The summed E-state index contributed by atoms with van der Waals surface area (Å²) in [5.41, 5.74) is 2.46. The third kappa shape index (κ3) is 1.79. The summed E-state index contributed by atoms with van der Waals surface area (Å²) in [5.74, 6) is 0. The normalized spacial score (nSPS) is 16.7. The smallest absolute Gasteiger partial charge is 0.150 e. The molecule has 1 atom stereocenters. The van der Waals surface area contributed by atoms with E-state index in [1.54, 1.807) is 12.1 Å². The van der Waals surface area contributed by atoms with E-state index in [-0.39, 0.29) is 0 Å². The molecule has 0 saturated heterocycles. The molecular weight excluding hydrogens is 258 g/mol. The molecule has 3 nitrogen and oxygen atoms in total. The molecule has 96 valence electrons. The average Bonchev–Trinajstić information content (AvgIpc) is 2.48. The number of nitrogens with zero attached hydrogens (tertiary/aromatic N) is 1. The Labute approximate surface area is 114 Å². The third-order valence-corrected chi connectivity index (χ3v) is 4.75. The monoisotopic (exact) mass is 271 g/mol. The van der Waals surface area contributed by atoms with Crippen molar-refractivity contribution < 1.29 is 9.00 Å². The molecule has 4 heteroatoms. The SMILES string of the molecule is CCN1c2ccccc2S(=O)c2cc(C=O)ccc21. The molecule has 2 aromatic rings. The zero-order chi connectivity index (χ0) is 13.4. The van der Waals surface area contributed by atoms with Crippen LogP contribution in [-0.2, 0) is 10.8 Å². The molecule has 0 saturated carbocycles. The van der Waals surface area contributed by atoms with Gasteiger partial charge in [0.1, 0.15) is 6.29 Å². The first-order valence-electron chi connectivity index (χ1n) is 6.14. The summed E-state index contributed by atoms with van der Waals surface area (Å²) in [5, 5.41) is 0. The van der Waals surface area contributed by atoms with Crippen LogP contribution in [0.15, 0.2) is 52.3 Å². The van der Waals surface area contributed by atoms with Crippen molar-refractivity contribution >= 4 is 28.5 Å². The van der Waals surface area contributed by atoms with Gasteiger partial charge in [-0.1, -0.05) is 12.1 Å². The van der Waals surface area contributed by atoms with E-state index in [1.165, 1.54) is 0 Å². The van der Waals surface area contributed by atoms with Crippen LogP contribution in [0.2, 0.25) is 0 Å². The molecule has 1 heterocycles. The lowest BCUT2D eigenvalue weighted by Gasteiger charge is -2.31. The van der Waals surface area contributed by atoms with Gasteiger partial charge in [-0.2, -0.15) is 0 Å². The molecule has 3 rings (SSSR count). The van der Waals surface area contributed by atoms with Crippen molar-refractivity contribution in [1.82, 2.24) is 0 Å². The Morgan fingerprint density at radius 2 is 1.84 bits per heavy atom. The van der Waals surface area contributed by atoms with Crippen LogP contribution in [0.3, 0.4) is 0 Å². The Morgan fingerprint density at radius 1 is 1.11 bits per heavy atom. The number of carbonyl (C=O) groups is 1. The van der Waals surface area contributed by atoms with E-state index < -0.39 is 10.8 Å². The minimum atomic E-state index is -1.22. The summed E-state index contributed by atoms with van der Waals surface area (Å²) in [4.78, 5) is 14.5. The van der Waals surface area contributed by atoms with E-state index in [9.17, 15) is 9.00 Å². The highest BCUT2D eigenvalue weighted by atomic mass is 32.2. The highest BCUT2D eigenvalue weighted by Gasteiger charge is 2.26. The van der Waals surface area contributed by atoms with Gasteiger partial charge in [-0.3, -0.25) is 4.79 Å². The first-order chi connectivity index (χ1) is 9.26. The summed E-state index contributed by atoms with van der Waals surface area (Å²) in [6.45, 7) is 2.85. The topological polar surface area (TPSA) is 37.4 Å². The Hall–Kier alpha value is -1.94. The lowest BCUT2D eigenvalue weighted by molar-refractivity contribution is 0.112. The quantitative estimate of drug-likeness (QED) is 0.787. The van der Waals surface area contributed by atoms with Gasteiger partial charge in [0.05, 0.1) is 32.0 Å². The van der Waals surface area contributed by atoms with E-state index in [0.29, 0.717) is 10.5 Å². The van der Waals surface area contributed by atoms with Gasteiger partial charge in [0.15, 0.2) is 0 Å². The van der Waals surface area contributed by atoms with Gasteiger partial charge in [-0.15, -0.1) is 0 Å². The molecule has 1 unspecified atom stereocenters. The van der Waals surface area contributed by atoms with Crippen LogP contribution in [0, 0.1) is 0 Å². The van der Waals surface area contributed by atoms with Crippen molar-refractivity contribution in [3.05, 3.63) is 48.0 Å². The summed E-state index contributed by atoms with van der Waals surface area (Å²) in [6, 6.07) is 13.0. The van der Waals surface area contributed by atoms with Gasteiger partial charge in [0.25, 0.3) is 0 Å². The molecule has 0 bridgehead atoms. The zero-order valence-corrected chi connectivity index (χ0v) is 11.3. The van der Waals surface area contributed by atoms with Gasteiger partial charge in [0.2, 0.25) is 0 Å². The number of benzene rings is 2. The van der Waals surface area contributed by atoms with Crippen LogP contribution < -0.4 is 4.90 Å². The Bertz CT molecular complexity index is 682. The second-order valence-corrected chi connectivity index (χ2v) is 5.74. The molecule has 0 fully saturated rings. The Kier molecular flexibility index (Phi) is 2.95. The first-order valence-corrected chi connectivity index (χ1v) is 7.29. The molecule has 0 aliphatic carbocycles. The first kappa shape index (κ1) is 12.1. The zero-order valence-electron chi connectivity index (χ0n) is 10.5. The number of para-hydroxylation sites is 1. The number of fused-ring (bicyclic) bond motifs is 2. The molecule has 19 heavy (non-hydrogen) atoms. The number of hydrogen-bond acceptors (Lipinski definition) is 3. The standard InChI is InChI=1S/C15H13NO2S/c1-2-16-12-5-3-4-6-14(12)19(18)15-9-11(10-17)7-8-13(15)16/h3-10H,2H2,1H3. The number of aldehydes is 1. The van der Waals surface area contributed by atoms with Gasteiger partial charge < -0.3 is 4.90 Å². The second kappa shape index (κ2) is 4.63. The highest BCUT2D eigenvalue weighted by molar-refractivity contribution is 7.85. The maximum absolute atomic E-state index is 12.6. The lowest BCUT2D eigenvalue weighted by atomic mass is 10.2. The number of carbonyl (C=O) groups excluding carboxylic acids is 1. The molecule has 0 radical (unpaired) electrons. The summed E-state index contributed by atoms with van der Waals surface area (Å²) < 4.78 is 12.6. The van der Waals surface area contributed by atoms with Crippen LogP contribution in [-0.4, -0.2) is 17.0 Å². The van der Waals surface area contributed by atoms with Crippen molar-refractivity contribution in [2.24, 2.45) is 0 Å². The van der Waals surface area contributed by atoms with Crippen LogP contribution >= 0.6 is 0 Å². The largest absolute Gasteiger partial charge is 0.340 e. The van der Waals surface area contributed by atoms with E-state index in [1.807, 2.05) is 30.3 Å². The van der Waals surface area contributed by atoms with Gasteiger partial charge in [-0.05, 0) is 37.3 Å². The van der Waals surface area contributed by atoms with Gasteiger partial charge in [-0.25, -0.2) is 4.21 Å². The minimum absolute atomic E-state index is 0.558. The fourth-order valence-corrected chi connectivity index (χ4v) is 3.82. The molecule has 1 aliphatic rings. The summed E-state index contributed by atoms with van der Waals surface area (Å²) >= 11 is 0. The number of hydrogen-bond donors (Lipinski definition) is 0. The molecule has 0 spiro atoms. The van der Waals surface area contributed by atoms with E-state index in [0.717, 1.165) is 29.1 Å². The van der Waals surface area contributed by atoms with Crippen LogP contribution in [0.25, 0.3) is 0 Å². The molecular formula is C15H13NO2S. The van der Waals surface area contributed by atoms with Crippen molar-refractivity contribution in [3.63, 3.8) is 0 Å². The molecule has 0 aromatic heterocycles. The van der Waals surface area contributed by atoms with Gasteiger partial charge in [0, 0.05) is 12.1 Å². The van der Waals surface area contributed by atoms with Gasteiger partial charge >= 0.3 is 0 Å². The van der Waals surface area contributed by atoms with Crippen LogP contribution in [0.5, 0.6) is 0 Å². The molecule has 0 amide bonds. The van der Waals surface area contributed by atoms with Crippen LogP contribution in [0.4, 0.5) is 11.4 Å². The van der Waals surface area contributed by atoms with Crippen molar-refractivity contribution in [3.8, 4) is 0 Å². The van der Waals surface area contributed by atoms with Crippen molar-refractivity contribution in [2.75, 3.05) is 11.4 Å². The second-order valence-electron chi connectivity index (χ2n) is 4.33. The molecule has 1 aliphatic heterocycles. The fraction of sp³-hybridized carbons (Fsp3) is 0.133. The minimum Gasteiger partial charge on any atom is -0.340 e.